The van der Waals surface area contributed by atoms with Crippen molar-refractivity contribution in [1.82, 2.24) is 5.01 Å². The monoisotopic (exact) mass is 235 g/mol. The van der Waals surface area contributed by atoms with E-state index in [-0.39, 0.29) is 5.56 Å². The minimum absolute atomic E-state index is 0.145. The van der Waals surface area contributed by atoms with Crippen LogP contribution in [-0.2, 0) is 0 Å². The Hall–Kier alpha value is -1.75. The summed E-state index contributed by atoms with van der Waals surface area (Å²) in [5.41, 5.74) is 10.1. The third-order valence-corrected chi connectivity index (χ3v) is 2.97. The topological polar surface area (TPSA) is 78.6 Å². The van der Waals surface area contributed by atoms with Gasteiger partial charge in [0.15, 0.2) is 0 Å². The minimum Gasteiger partial charge on any atom is -0.478 e. The van der Waals surface area contributed by atoms with E-state index in [0.29, 0.717) is 11.4 Å². The molecule has 92 valence electrons. The van der Waals surface area contributed by atoms with Crippen molar-refractivity contribution >= 4 is 17.3 Å². The molecule has 0 unspecified atom stereocenters. The van der Waals surface area contributed by atoms with Gasteiger partial charge in [-0.1, -0.05) is 12.5 Å². The van der Waals surface area contributed by atoms with Crippen LogP contribution in [0.3, 0.4) is 0 Å². The second-order valence-corrected chi connectivity index (χ2v) is 4.23. The summed E-state index contributed by atoms with van der Waals surface area (Å²) in [7, 11) is 0. The Bertz CT molecular complexity index is 414. The van der Waals surface area contributed by atoms with Crippen LogP contribution < -0.4 is 11.2 Å². The zero-order chi connectivity index (χ0) is 12.3. The number of carboxylic acid groups (broad SMARTS) is 1. The maximum absolute atomic E-state index is 10.9. The Kier molecular flexibility index (Phi) is 3.49. The Morgan fingerprint density at radius 1 is 1.29 bits per heavy atom. The summed E-state index contributed by atoms with van der Waals surface area (Å²) in [4.78, 5) is 10.9. The summed E-state index contributed by atoms with van der Waals surface area (Å²) in [6.07, 6.45) is 3.57. The van der Waals surface area contributed by atoms with Crippen molar-refractivity contribution in [2.75, 3.05) is 24.2 Å². The number of anilines is 2. The molecule has 0 atom stereocenters. The van der Waals surface area contributed by atoms with Crippen LogP contribution in [0.25, 0.3) is 0 Å². The van der Waals surface area contributed by atoms with Gasteiger partial charge in [-0.15, -0.1) is 0 Å². The predicted molar refractivity (Wildman–Crippen MR) is 66.9 cm³/mol. The summed E-state index contributed by atoms with van der Waals surface area (Å²) in [5.74, 6) is -0.996. The second-order valence-electron chi connectivity index (χ2n) is 4.23. The molecular weight excluding hydrogens is 218 g/mol. The van der Waals surface area contributed by atoms with Crippen LogP contribution in [0.4, 0.5) is 11.4 Å². The minimum atomic E-state index is -0.996. The van der Waals surface area contributed by atoms with Crippen LogP contribution in [0.15, 0.2) is 18.2 Å². The first-order valence-electron chi connectivity index (χ1n) is 5.82. The number of hydrazine groups is 1. The SMILES string of the molecule is Nc1c(NN2CCCCC2)cccc1C(=O)O. The van der Waals surface area contributed by atoms with E-state index in [0.717, 1.165) is 25.9 Å². The highest BCUT2D eigenvalue weighted by Crippen LogP contribution is 2.24. The summed E-state index contributed by atoms with van der Waals surface area (Å²) in [6, 6.07) is 5.02. The van der Waals surface area contributed by atoms with E-state index in [2.05, 4.69) is 10.4 Å². The van der Waals surface area contributed by atoms with Gasteiger partial charge in [-0.3, -0.25) is 0 Å². The van der Waals surface area contributed by atoms with Gasteiger partial charge in [0.25, 0.3) is 0 Å². The number of hydrogen-bond acceptors (Lipinski definition) is 4. The van der Waals surface area contributed by atoms with E-state index in [1.165, 1.54) is 12.5 Å². The number of benzene rings is 1. The molecule has 4 N–H and O–H groups in total. The zero-order valence-electron chi connectivity index (χ0n) is 9.65. The highest BCUT2D eigenvalue weighted by Gasteiger charge is 2.14. The molecule has 1 fully saturated rings. The standard InChI is InChI=1S/C12H17N3O2/c13-11-9(12(16)17)5-4-6-10(11)14-15-7-2-1-3-8-15/h4-6,14H,1-3,7-8,13H2,(H,16,17). The molecule has 1 aliphatic rings. The molecule has 17 heavy (non-hydrogen) atoms. The van der Waals surface area contributed by atoms with Crippen LogP contribution >= 0.6 is 0 Å². The molecular formula is C12H17N3O2. The number of hydrogen-bond donors (Lipinski definition) is 3. The number of nitrogens with two attached hydrogens (primary N) is 1. The molecule has 1 aliphatic heterocycles. The smallest absolute Gasteiger partial charge is 0.337 e. The van der Waals surface area contributed by atoms with Gasteiger partial charge < -0.3 is 16.3 Å². The number of rotatable bonds is 3. The number of nitrogen functional groups attached to an aromatic ring is 1. The molecule has 1 aromatic carbocycles. The first kappa shape index (κ1) is 11.7. The molecule has 0 amide bonds. The van der Waals surface area contributed by atoms with E-state index in [4.69, 9.17) is 10.8 Å². The fraction of sp³-hybridized carbons (Fsp3) is 0.417. The Morgan fingerprint density at radius 3 is 2.65 bits per heavy atom. The lowest BCUT2D eigenvalue weighted by molar-refractivity contribution is 0.0698. The quantitative estimate of drug-likeness (QED) is 0.696. The summed E-state index contributed by atoms with van der Waals surface area (Å²) in [6.45, 7) is 1.94. The average Bonchev–Trinajstić information content (AvgIpc) is 2.33. The molecule has 0 saturated carbocycles. The molecule has 5 heteroatoms. The lowest BCUT2D eigenvalue weighted by atomic mass is 10.1. The molecule has 0 aliphatic carbocycles. The van der Waals surface area contributed by atoms with Crippen molar-refractivity contribution in [3.8, 4) is 0 Å². The molecule has 0 spiro atoms. The van der Waals surface area contributed by atoms with Crippen LogP contribution in [0.1, 0.15) is 29.6 Å². The molecule has 2 rings (SSSR count). The van der Waals surface area contributed by atoms with Gasteiger partial charge in [-0.2, -0.15) is 0 Å². The van der Waals surface area contributed by atoms with Gasteiger partial charge in [0.05, 0.1) is 16.9 Å². The predicted octanol–water partition coefficient (Wildman–Crippen LogP) is 1.78. The number of nitrogens with one attached hydrogen (secondary N) is 1. The van der Waals surface area contributed by atoms with Gasteiger partial charge in [0.2, 0.25) is 0 Å². The van der Waals surface area contributed by atoms with E-state index in [9.17, 15) is 4.79 Å². The van der Waals surface area contributed by atoms with Crippen molar-refractivity contribution in [2.45, 2.75) is 19.3 Å². The summed E-state index contributed by atoms with van der Waals surface area (Å²) in [5, 5.41) is 11.1. The molecule has 1 saturated heterocycles. The molecule has 0 bridgehead atoms. The van der Waals surface area contributed by atoms with Gasteiger partial charge >= 0.3 is 5.97 Å². The molecule has 5 nitrogen and oxygen atoms in total. The number of piperidine rings is 1. The molecule has 1 aromatic rings. The summed E-state index contributed by atoms with van der Waals surface area (Å²) < 4.78 is 0. The van der Waals surface area contributed by atoms with Crippen LogP contribution in [-0.4, -0.2) is 29.2 Å². The van der Waals surface area contributed by atoms with Crippen LogP contribution in [0, 0.1) is 0 Å². The number of para-hydroxylation sites is 1. The largest absolute Gasteiger partial charge is 0.478 e. The van der Waals surface area contributed by atoms with Gasteiger partial charge in [0.1, 0.15) is 0 Å². The second kappa shape index (κ2) is 5.05. The molecule has 1 heterocycles. The number of nitrogens with zero attached hydrogens (tertiary/aromatic N) is 1. The Labute approximate surface area is 100 Å². The maximum Gasteiger partial charge on any atom is 0.337 e. The van der Waals surface area contributed by atoms with Crippen molar-refractivity contribution < 1.29 is 9.90 Å². The van der Waals surface area contributed by atoms with E-state index in [1.807, 2.05) is 0 Å². The van der Waals surface area contributed by atoms with Crippen molar-refractivity contribution in [2.24, 2.45) is 0 Å². The third kappa shape index (κ3) is 2.68. The third-order valence-electron chi connectivity index (χ3n) is 2.97. The lowest BCUT2D eigenvalue weighted by Crippen LogP contribution is -2.35. The fourth-order valence-corrected chi connectivity index (χ4v) is 2.03. The number of carboxylic acids is 1. The van der Waals surface area contributed by atoms with Crippen LogP contribution in [0.5, 0.6) is 0 Å². The van der Waals surface area contributed by atoms with Crippen molar-refractivity contribution in [3.63, 3.8) is 0 Å². The first-order valence-corrected chi connectivity index (χ1v) is 5.82. The van der Waals surface area contributed by atoms with Gasteiger partial charge in [-0.25, -0.2) is 9.80 Å². The van der Waals surface area contributed by atoms with Crippen molar-refractivity contribution in [3.05, 3.63) is 23.8 Å². The normalized spacial score (nSPS) is 16.7. The van der Waals surface area contributed by atoms with E-state index >= 15 is 0 Å². The molecule has 0 aromatic heterocycles. The fourth-order valence-electron chi connectivity index (χ4n) is 2.03. The Morgan fingerprint density at radius 2 is 2.00 bits per heavy atom. The first-order chi connectivity index (χ1) is 8.18. The average molecular weight is 235 g/mol. The van der Waals surface area contributed by atoms with E-state index < -0.39 is 5.97 Å². The summed E-state index contributed by atoms with van der Waals surface area (Å²) >= 11 is 0. The number of aromatic carboxylic acids is 1. The van der Waals surface area contributed by atoms with Gasteiger partial charge in [-0.05, 0) is 25.0 Å². The van der Waals surface area contributed by atoms with E-state index in [1.54, 1.807) is 12.1 Å². The molecule has 0 radical (unpaired) electrons. The highest BCUT2D eigenvalue weighted by atomic mass is 16.4. The zero-order valence-corrected chi connectivity index (χ0v) is 9.65. The lowest BCUT2D eigenvalue weighted by Gasteiger charge is -2.28. The number of carbonyl (C=O) groups is 1. The van der Waals surface area contributed by atoms with Crippen molar-refractivity contribution in [1.29, 1.82) is 0 Å². The Balaban J connectivity index is 2.15. The van der Waals surface area contributed by atoms with Gasteiger partial charge in [0, 0.05) is 13.1 Å². The maximum atomic E-state index is 10.9. The highest BCUT2D eigenvalue weighted by molar-refractivity contribution is 5.97. The van der Waals surface area contributed by atoms with Crippen LogP contribution in [0.2, 0.25) is 0 Å².